The number of carboxylic acid groups (broad SMARTS) is 1. The van der Waals surface area contributed by atoms with Crippen molar-refractivity contribution in [3.05, 3.63) is 34.2 Å². The van der Waals surface area contributed by atoms with Crippen LogP contribution in [0.4, 0.5) is 0 Å². The molecule has 0 fully saturated rings. The first-order valence-electron chi connectivity index (χ1n) is 7.26. The number of hydrogen-bond acceptors (Lipinski definition) is 3. The van der Waals surface area contributed by atoms with Crippen LogP contribution in [0.25, 0.3) is 0 Å². The second kappa shape index (κ2) is 6.77. The van der Waals surface area contributed by atoms with Crippen LogP contribution in [0.1, 0.15) is 33.3 Å². The van der Waals surface area contributed by atoms with Crippen molar-refractivity contribution in [1.82, 2.24) is 9.88 Å². The van der Waals surface area contributed by atoms with Gasteiger partial charge in [-0.2, -0.15) is 0 Å². The van der Waals surface area contributed by atoms with E-state index in [-0.39, 0.29) is 23.9 Å². The molecule has 1 rings (SSSR count). The summed E-state index contributed by atoms with van der Waals surface area (Å²) in [5, 5.41) is 11.7. The SMILES string of the molecule is Cc1cccn(CC(C)(C)C(=O)NC(C(=O)O)C(C)C)c1=O. The molecule has 0 aliphatic carbocycles. The van der Waals surface area contributed by atoms with E-state index in [4.69, 9.17) is 5.11 Å². The third kappa shape index (κ3) is 4.19. The van der Waals surface area contributed by atoms with Gasteiger partial charge in [0.05, 0.1) is 5.41 Å². The van der Waals surface area contributed by atoms with Crippen LogP contribution in [-0.4, -0.2) is 27.6 Å². The van der Waals surface area contributed by atoms with E-state index in [0.717, 1.165) is 0 Å². The summed E-state index contributed by atoms with van der Waals surface area (Å²) in [6.07, 6.45) is 1.63. The van der Waals surface area contributed by atoms with Gasteiger partial charge in [0.1, 0.15) is 6.04 Å². The highest BCUT2D eigenvalue weighted by atomic mass is 16.4. The lowest BCUT2D eigenvalue weighted by Crippen LogP contribution is -2.50. The standard InChI is InChI=1S/C16H24N2O4/c1-10(2)12(14(20)21)17-15(22)16(4,5)9-18-8-6-7-11(3)13(18)19/h6-8,10,12H,9H2,1-5H3,(H,17,22)(H,20,21). The monoisotopic (exact) mass is 308 g/mol. The minimum atomic E-state index is -1.06. The molecule has 0 spiro atoms. The number of aromatic nitrogens is 1. The molecule has 1 aromatic rings. The Morgan fingerprint density at radius 2 is 1.95 bits per heavy atom. The van der Waals surface area contributed by atoms with Crippen molar-refractivity contribution in [1.29, 1.82) is 0 Å². The Labute approximate surface area is 130 Å². The maximum Gasteiger partial charge on any atom is 0.326 e. The summed E-state index contributed by atoms with van der Waals surface area (Å²) < 4.78 is 1.47. The minimum absolute atomic E-state index is 0.151. The van der Waals surface area contributed by atoms with Crippen LogP contribution in [0.5, 0.6) is 0 Å². The fourth-order valence-electron chi connectivity index (χ4n) is 2.13. The van der Waals surface area contributed by atoms with E-state index in [2.05, 4.69) is 5.32 Å². The van der Waals surface area contributed by atoms with E-state index in [1.165, 1.54) is 4.57 Å². The van der Waals surface area contributed by atoms with Gasteiger partial charge in [0, 0.05) is 18.3 Å². The zero-order chi connectivity index (χ0) is 17.1. The van der Waals surface area contributed by atoms with Crippen LogP contribution in [-0.2, 0) is 16.1 Å². The van der Waals surface area contributed by atoms with Gasteiger partial charge < -0.3 is 15.0 Å². The van der Waals surface area contributed by atoms with E-state index in [1.807, 2.05) is 0 Å². The lowest BCUT2D eigenvalue weighted by atomic mass is 9.90. The quantitative estimate of drug-likeness (QED) is 0.831. The molecule has 0 bridgehead atoms. The van der Waals surface area contributed by atoms with Gasteiger partial charge in [-0.1, -0.05) is 19.9 Å². The zero-order valence-electron chi connectivity index (χ0n) is 13.7. The molecule has 0 aromatic carbocycles. The number of rotatable bonds is 6. The molecular weight excluding hydrogens is 284 g/mol. The number of carboxylic acids is 1. The number of aryl methyl sites for hydroxylation is 1. The number of nitrogens with one attached hydrogen (secondary N) is 1. The molecule has 1 amide bonds. The summed E-state index contributed by atoms with van der Waals surface area (Å²) in [5.41, 5.74) is -0.452. The van der Waals surface area contributed by atoms with Crippen molar-refractivity contribution < 1.29 is 14.7 Å². The van der Waals surface area contributed by atoms with Crippen molar-refractivity contribution in [2.75, 3.05) is 0 Å². The number of carbonyl (C=O) groups is 2. The molecule has 1 aromatic heterocycles. The fraction of sp³-hybridized carbons (Fsp3) is 0.562. The summed E-state index contributed by atoms with van der Waals surface area (Å²) in [6, 6.07) is 2.52. The number of hydrogen-bond donors (Lipinski definition) is 2. The van der Waals surface area contributed by atoms with Crippen LogP contribution in [0, 0.1) is 18.3 Å². The second-order valence-corrected chi connectivity index (χ2v) is 6.54. The summed E-state index contributed by atoms with van der Waals surface area (Å²) >= 11 is 0. The highest BCUT2D eigenvalue weighted by molar-refractivity contribution is 5.87. The normalized spacial score (nSPS) is 13.0. The molecule has 0 aliphatic rings. The van der Waals surface area contributed by atoms with Crippen LogP contribution in [0.15, 0.2) is 23.1 Å². The smallest absolute Gasteiger partial charge is 0.326 e. The van der Waals surface area contributed by atoms with Gasteiger partial charge in [-0.05, 0) is 32.8 Å². The van der Waals surface area contributed by atoms with E-state index in [9.17, 15) is 14.4 Å². The van der Waals surface area contributed by atoms with Crippen LogP contribution < -0.4 is 10.9 Å². The highest BCUT2D eigenvalue weighted by Crippen LogP contribution is 2.19. The molecule has 122 valence electrons. The molecule has 6 nitrogen and oxygen atoms in total. The number of amides is 1. The first-order chi connectivity index (χ1) is 10.1. The molecule has 0 radical (unpaired) electrons. The third-order valence-corrected chi connectivity index (χ3v) is 3.61. The number of carbonyl (C=O) groups excluding carboxylic acids is 1. The number of nitrogens with zero attached hydrogens (tertiary/aromatic N) is 1. The van der Waals surface area contributed by atoms with Crippen molar-refractivity contribution in [2.45, 2.75) is 47.2 Å². The third-order valence-electron chi connectivity index (χ3n) is 3.61. The predicted octanol–water partition coefficient (Wildman–Crippen LogP) is 1.41. The highest BCUT2D eigenvalue weighted by Gasteiger charge is 2.33. The molecule has 1 unspecified atom stereocenters. The Kier molecular flexibility index (Phi) is 5.52. The van der Waals surface area contributed by atoms with Gasteiger partial charge in [-0.3, -0.25) is 9.59 Å². The average molecular weight is 308 g/mol. The molecule has 0 saturated carbocycles. The zero-order valence-corrected chi connectivity index (χ0v) is 13.7. The van der Waals surface area contributed by atoms with Crippen molar-refractivity contribution in [3.8, 4) is 0 Å². The Morgan fingerprint density at radius 3 is 2.45 bits per heavy atom. The van der Waals surface area contributed by atoms with Crippen molar-refractivity contribution >= 4 is 11.9 Å². The van der Waals surface area contributed by atoms with E-state index in [0.29, 0.717) is 5.56 Å². The first kappa shape index (κ1) is 17.9. The Balaban J connectivity index is 2.93. The molecule has 1 heterocycles. The average Bonchev–Trinajstić information content (AvgIpc) is 2.39. The van der Waals surface area contributed by atoms with Crippen molar-refractivity contribution in [2.24, 2.45) is 11.3 Å². The Morgan fingerprint density at radius 1 is 1.36 bits per heavy atom. The Bertz CT molecular complexity index is 617. The largest absolute Gasteiger partial charge is 0.480 e. The molecule has 0 aliphatic heterocycles. The lowest BCUT2D eigenvalue weighted by molar-refractivity contribution is -0.145. The summed E-state index contributed by atoms with van der Waals surface area (Å²) in [5.74, 6) is -1.67. The number of pyridine rings is 1. The molecule has 22 heavy (non-hydrogen) atoms. The Hall–Kier alpha value is -2.11. The van der Waals surface area contributed by atoms with Gasteiger partial charge in [0.25, 0.3) is 5.56 Å². The van der Waals surface area contributed by atoms with Gasteiger partial charge in [-0.25, -0.2) is 4.79 Å². The van der Waals surface area contributed by atoms with Gasteiger partial charge >= 0.3 is 5.97 Å². The fourth-order valence-corrected chi connectivity index (χ4v) is 2.13. The van der Waals surface area contributed by atoms with E-state index >= 15 is 0 Å². The molecular formula is C16H24N2O4. The minimum Gasteiger partial charge on any atom is -0.480 e. The molecule has 6 heteroatoms. The topological polar surface area (TPSA) is 88.4 Å². The predicted molar refractivity (Wildman–Crippen MR) is 83.6 cm³/mol. The lowest BCUT2D eigenvalue weighted by Gasteiger charge is -2.28. The second-order valence-electron chi connectivity index (χ2n) is 6.54. The van der Waals surface area contributed by atoms with Crippen LogP contribution in [0.2, 0.25) is 0 Å². The molecule has 1 atom stereocenters. The maximum atomic E-state index is 12.4. The summed E-state index contributed by atoms with van der Waals surface area (Å²) in [4.78, 5) is 35.6. The van der Waals surface area contributed by atoms with E-state index in [1.54, 1.807) is 52.9 Å². The van der Waals surface area contributed by atoms with Gasteiger partial charge in [0.15, 0.2) is 0 Å². The van der Waals surface area contributed by atoms with Gasteiger partial charge in [-0.15, -0.1) is 0 Å². The summed E-state index contributed by atoms with van der Waals surface area (Å²) in [6.45, 7) is 8.75. The summed E-state index contributed by atoms with van der Waals surface area (Å²) in [7, 11) is 0. The van der Waals surface area contributed by atoms with Gasteiger partial charge in [0.2, 0.25) is 5.91 Å². The maximum absolute atomic E-state index is 12.4. The van der Waals surface area contributed by atoms with Crippen LogP contribution in [0.3, 0.4) is 0 Å². The van der Waals surface area contributed by atoms with Crippen LogP contribution >= 0.6 is 0 Å². The van der Waals surface area contributed by atoms with E-state index < -0.39 is 17.4 Å². The van der Waals surface area contributed by atoms with Crippen molar-refractivity contribution in [3.63, 3.8) is 0 Å². The molecule has 0 saturated heterocycles. The molecule has 2 N–H and O–H groups in total. The number of aliphatic carboxylic acids is 1. The first-order valence-corrected chi connectivity index (χ1v) is 7.26.